The molecule has 3 rings (SSSR count). The molecule has 0 aliphatic heterocycles. The summed E-state index contributed by atoms with van der Waals surface area (Å²) in [5, 5.41) is 3.34. The van der Waals surface area contributed by atoms with Crippen molar-refractivity contribution in [2.45, 2.75) is 45.3 Å². The van der Waals surface area contributed by atoms with E-state index < -0.39 is 23.3 Å². The summed E-state index contributed by atoms with van der Waals surface area (Å²) in [5.74, 6) is -0.888. The minimum Gasteiger partial charge on any atom is -0.482 e. The van der Waals surface area contributed by atoms with Gasteiger partial charge in [0.1, 0.15) is 17.6 Å². The SMILES string of the molecule is CC(C)(C)NC(=O)C(Cc1ccccc1)N(Cc1ccccc1F)C(=O)COc1ccccc1Cl. The lowest BCUT2D eigenvalue weighted by Crippen LogP contribution is -2.55. The monoisotopic (exact) mass is 496 g/mol. The molecule has 1 N–H and O–H groups in total. The Morgan fingerprint density at radius 2 is 1.60 bits per heavy atom. The van der Waals surface area contributed by atoms with E-state index in [9.17, 15) is 14.0 Å². The molecule has 3 aromatic rings. The number of rotatable bonds is 9. The van der Waals surface area contributed by atoms with Crippen LogP contribution >= 0.6 is 11.6 Å². The average Bonchev–Trinajstić information content (AvgIpc) is 2.81. The molecule has 0 aliphatic rings. The zero-order valence-corrected chi connectivity index (χ0v) is 20.9. The van der Waals surface area contributed by atoms with Crippen LogP contribution in [-0.4, -0.2) is 34.9 Å². The Kier molecular flexibility index (Phi) is 8.88. The van der Waals surface area contributed by atoms with Gasteiger partial charge in [0.25, 0.3) is 5.91 Å². The van der Waals surface area contributed by atoms with Crippen LogP contribution in [0.2, 0.25) is 5.02 Å². The number of para-hydroxylation sites is 1. The Balaban J connectivity index is 1.95. The van der Waals surface area contributed by atoms with Gasteiger partial charge in [0.2, 0.25) is 5.91 Å². The van der Waals surface area contributed by atoms with Crippen LogP contribution in [-0.2, 0) is 22.6 Å². The van der Waals surface area contributed by atoms with Gasteiger partial charge in [-0.1, -0.05) is 72.3 Å². The summed E-state index contributed by atoms with van der Waals surface area (Å²) in [6, 6.07) is 21.6. The maximum absolute atomic E-state index is 14.6. The number of nitrogens with zero attached hydrogens (tertiary/aromatic N) is 1. The Labute approximate surface area is 210 Å². The van der Waals surface area contributed by atoms with Crippen LogP contribution in [0, 0.1) is 5.82 Å². The van der Waals surface area contributed by atoms with Crippen molar-refractivity contribution in [2.24, 2.45) is 0 Å². The molecule has 184 valence electrons. The molecule has 5 nitrogen and oxygen atoms in total. The van der Waals surface area contributed by atoms with Crippen LogP contribution in [0.1, 0.15) is 31.9 Å². The summed E-state index contributed by atoms with van der Waals surface area (Å²) >= 11 is 6.17. The molecule has 0 aliphatic carbocycles. The predicted molar refractivity (Wildman–Crippen MR) is 136 cm³/mol. The summed E-state index contributed by atoms with van der Waals surface area (Å²) < 4.78 is 20.3. The van der Waals surface area contributed by atoms with Gasteiger partial charge in [-0.25, -0.2) is 4.39 Å². The lowest BCUT2D eigenvalue weighted by Gasteiger charge is -2.33. The molecule has 0 aromatic heterocycles. The first-order valence-corrected chi connectivity index (χ1v) is 11.8. The molecule has 1 unspecified atom stereocenters. The highest BCUT2D eigenvalue weighted by Gasteiger charge is 2.33. The normalized spacial score (nSPS) is 12.0. The van der Waals surface area contributed by atoms with Crippen molar-refractivity contribution in [3.8, 4) is 5.75 Å². The molecule has 7 heteroatoms. The quantitative estimate of drug-likeness (QED) is 0.430. The summed E-state index contributed by atoms with van der Waals surface area (Å²) in [5.41, 5.74) is 0.660. The molecule has 0 saturated carbocycles. The van der Waals surface area contributed by atoms with Gasteiger partial charge in [-0.2, -0.15) is 0 Å². The molecular formula is C28H30ClFN2O3. The number of halogens is 2. The number of benzene rings is 3. The van der Waals surface area contributed by atoms with Crippen molar-refractivity contribution < 1.29 is 18.7 Å². The van der Waals surface area contributed by atoms with Crippen LogP contribution in [0.3, 0.4) is 0 Å². The molecule has 1 atom stereocenters. The Hall–Kier alpha value is -3.38. The summed E-state index contributed by atoms with van der Waals surface area (Å²) in [4.78, 5) is 28.3. The highest BCUT2D eigenvalue weighted by molar-refractivity contribution is 6.32. The molecule has 35 heavy (non-hydrogen) atoms. The average molecular weight is 497 g/mol. The first-order chi connectivity index (χ1) is 16.6. The molecule has 0 saturated heterocycles. The van der Waals surface area contributed by atoms with Crippen LogP contribution in [0.4, 0.5) is 4.39 Å². The maximum Gasteiger partial charge on any atom is 0.261 e. The van der Waals surface area contributed by atoms with Crippen molar-refractivity contribution in [3.05, 3.63) is 101 Å². The molecule has 0 radical (unpaired) electrons. The first kappa shape index (κ1) is 26.2. The van der Waals surface area contributed by atoms with E-state index in [-0.39, 0.29) is 25.5 Å². The Morgan fingerprint density at radius 3 is 2.26 bits per heavy atom. The summed E-state index contributed by atoms with van der Waals surface area (Å²) in [6.07, 6.45) is 0.259. The highest BCUT2D eigenvalue weighted by Crippen LogP contribution is 2.24. The molecule has 0 fully saturated rings. The molecular weight excluding hydrogens is 467 g/mol. The minimum atomic E-state index is -0.890. The van der Waals surface area contributed by atoms with Crippen molar-refractivity contribution in [1.29, 1.82) is 0 Å². The minimum absolute atomic E-state index is 0.0908. The molecule has 2 amide bonds. The Bertz CT molecular complexity index is 1150. The fraction of sp³-hybridized carbons (Fsp3) is 0.286. The van der Waals surface area contributed by atoms with Gasteiger partial charge in [0.15, 0.2) is 6.61 Å². The zero-order chi connectivity index (χ0) is 25.4. The topological polar surface area (TPSA) is 58.6 Å². The van der Waals surface area contributed by atoms with Gasteiger partial charge in [-0.3, -0.25) is 9.59 Å². The van der Waals surface area contributed by atoms with E-state index in [0.29, 0.717) is 16.3 Å². The van der Waals surface area contributed by atoms with Gasteiger partial charge >= 0.3 is 0 Å². The van der Waals surface area contributed by atoms with E-state index in [0.717, 1.165) is 5.56 Å². The van der Waals surface area contributed by atoms with Crippen LogP contribution in [0.15, 0.2) is 78.9 Å². The first-order valence-electron chi connectivity index (χ1n) is 11.4. The largest absolute Gasteiger partial charge is 0.482 e. The number of nitrogens with one attached hydrogen (secondary N) is 1. The maximum atomic E-state index is 14.6. The third-order valence-corrected chi connectivity index (χ3v) is 5.57. The van der Waals surface area contributed by atoms with Crippen molar-refractivity contribution in [2.75, 3.05) is 6.61 Å². The second kappa shape index (κ2) is 11.8. The lowest BCUT2D eigenvalue weighted by molar-refractivity contribution is -0.143. The number of hydrogen-bond acceptors (Lipinski definition) is 3. The second-order valence-corrected chi connectivity index (χ2v) is 9.68. The number of hydrogen-bond donors (Lipinski definition) is 1. The summed E-state index contributed by atoms with van der Waals surface area (Å²) in [6.45, 7) is 5.16. The molecule has 0 heterocycles. The van der Waals surface area contributed by atoms with E-state index in [1.54, 1.807) is 42.5 Å². The van der Waals surface area contributed by atoms with Gasteiger partial charge in [-0.05, 0) is 44.5 Å². The third-order valence-electron chi connectivity index (χ3n) is 5.26. The van der Waals surface area contributed by atoms with E-state index in [4.69, 9.17) is 16.3 Å². The second-order valence-electron chi connectivity index (χ2n) is 9.28. The number of carbonyl (C=O) groups is 2. The van der Waals surface area contributed by atoms with E-state index in [1.165, 1.54) is 11.0 Å². The van der Waals surface area contributed by atoms with Gasteiger partial charge < -0.3 is 15.0 Å². The summed E-state index contributed by atoms with van der Waals surface area (Å²) in [7, 11) is 0. The molecule has 3 aromatic carbocycles. The van der Waals surface area contributed by atoms with Crippen LogP contribution in [0.25, 0.3) is 0 Å². The lowest BCUT2D eigenvalue weighted by atomic mass is 10.0. The number of carbonyl (C=O) groups excluding carboxylic acids is 2. The van der Waals surface area contributed by atoms with Gasteiger partial charge in [0, 0.05) is 24.1 Å². The van der Waals surface area contributed by atoms with E-state index in [2.05, 4.69) is 5.32 Å². The highest BCUT2D eigenvalue weighted by atomic mass is 35.5. The van der Waals surface area contributed by atoms with Crippen molar-refractivity contribution >= 4 is 23.4 Å². The van der Waals surface area contributed by atoms with Crippen LogP contribution in [0.5, 0.6) is 5.75 Å². The smallest absolute Gasteiger partial charge is 0.261 e. The van der Waals surface area contributed by atoms with E-state index in [1.807, 2.05) is 51.1 Å². The van der Waals surface area contributed by atoms with Crippen molar-refractivity contribution in [1.82, 2.24) is 10.2 Å². The Morgan fingerprint density at radius 1 is 0.971 bits per heavy atom. The fourth-order valence-corrected chi connectivity index (χ4v) is 3.79. The molecule has 0 bridgehead atoms. The van der Waals surface area contributed by atoms with Gasteiger partial charge in [-0.15, -0.1) is 0 Å². The number of amides is 2. The molecule has 0 spiro atoms. The third kappa shape index (κ3) is 7.82. The number of ether oxygens (including phenoxy) is 1. The van der Waals surface area contributed by atoms with Crippen LogP contribution < -0.4 is 10.1 Å². The standard InChI is InChI=1S/C28H30ClFN2O3/c1-28(2,3)31-27(34)24(17-20-11-5-4-6-12-20)32(18-21-13-7-9-15-23(21)30)26(33)19-35-25-16-10-8-14-22(25)29/h4-16,24H,17-19H2,1-3H3,(H,31,34). The van der Waals surface area contributed by atoms with E-state index >= 15 is 0 Å². The zero-order valence-electron chi connectivity index (χ0n) is 20.1. The van der Waals surface area contributed by atoms with Gasteiger partial charge in [0.05, 0.1) is 5.02 Å². The fourth-order valence-electron chi connectivity index (χ4n) is 3.60. The van der Waals surface area contributed by atoms with Crippen molar-refractivity contribution in [3.63, 3.8) is 0 Å². The predicted octanol–water partition coefficient (Wildman–Crippen LogP) is 5.41.